The molecule has 1 aliphatic heterocycles. The summed E-state index contributed by atoms with van der Waals surface area (Å²) in [7, 11) is 0. The first-order valence-corrected chi connectivity index (χ1v) is 5.70. The largest absolute Gasteiger partial charge is 0.444 e. The average Bonchev–Trinajstić information content (AvgIpc) is 2.38. The lowest BCUT2D eigenvalue weighted by molar-refractivity contribution is 0.0133. The lowest BCUT2D eigenvalue weighted by Gasteiger charge is -2.33. The number of hydrogen-bond donors (Lipinski definition) is 0. The number of ether oxygens (including phenoxy) is 1. The summed E-state index contributed by atoms with van der Waals surface area (Å²) < 4.78 is 5.34. The van der Waals surface area contributed by atoms with Crippen molar-refractivity contribution >= 4 is 6.09 Å². The highest BCUT2D eigenvalue weighted by molar-refractivity contribution is 5.69. The van der Waals surface area contributed by atoms with Gasteiger partial charge in [-0.15, -0.1) is 0 Å². The standard InChI is InChI=1S/C11H20N4O2/c1-10(2,3)17-9(16)15-7-8(13-14-12)6-11(15,4)5/h8H,6-7H2,1-5H3. The molecular formula is C11H20N4O2. The van der Waals surface area contributed by atoms with E-state index in [0.717, 1.165) is 0 Å². The molecule has 1 atom stereocenters. The summed E-state index contributed by atoms with van der Waals surface area (Å²) in [6.07, 6.45) is 0.314. The number of amides is 1. The van der Waals surface area contributed by atoms with E-state index in [9.17, 15) is 4.79 Å². The summed E-state index contributed by atoms with van der Waals surface area (Å²) in [5.41, 5.74) is 7.59. The van der Waals surface area contributed by atoms with Crippen LogP contribution in [0.2, 0.25) is 0 Å². The van der Waals surface area contributed by atoms with Crippen LogP contribution in [0.5, 0.6) is 0 Å². The Bertz CT molecular complexity index is 353. The Morgan fingerprint density at radius 2 is 2.12 bits per heavy atom. The highest BCUT2D eigenvalue weighted by atomic mass is 16.6. The maximum atomic E-state index is 12.0. The Morgan fingerprint density at radius 1 is 1.53 bits per heavy atom. The minimum absolute atomic E-state index is 0.164. The van der Waals surface area contributed by atoms with Crippen molar-refractivity contribution in [3.8, 4) is 0 Å². The van der Waals surface area contributed by atoms with E-state index in [-0.39, 0.29) is 17.7 Å². The molecule has 1 fully saturated rings. The molecule has 1 rings (SSSR count). The van der Waals surface area contributed by atoms with Crippen LogP contribution >= 0.6 is 0 Å². The van der Waals surface area contributed by atoms with Gasteiger partial charge in [0.05, 0.1) is 6.04 Å². The number of nitrogens with zero attached hydrogens (tertiary/aromatic N) is 4. The molecule has 0 aromatic carbocycles. The van der Waals surface area contributed by atoms with Gasteiger partial charge >= 0.3 is 6.09 Å². The Labute approximate surface area is 102 Å². The molecule has 6 heteroatoms. The highest BCUT2D eigenvalue weighted by Crippen LogP contribution is 2.31. The minimum Gasteiger partial charge on any atom is -0.444 e. The number of rotatable bonds is 1. The van der Waals surface area contributed by atoms with E-state index in [2.05, 4.69) is 10.0 Å². The van der Waals surface area contributed by atoms with E-state index >= 15 is 0 Å². The summed E-state index contributed by atoms with van der Waals surface area (Å²) in [5, 5.41) is 3.68. The van der Waals surface area contributed by atoms with Crippen molar-refractivity contribution in [3.05, 3.63) is 10.4 Å². The predicted molar refractivity (Wildman–Crippen MR) is 64.6 cm³/mol. The molecule has 96 valence electrons. The normalized spacial score (nSPS) is 23.1. The minimum atomic E-state index is -0.510. The van der Waals surface area contributed by atoms with E-state index in [0.29, 0.717) is 13.0 Å². The zero-order chi connectivity index (χ0) is 13.3. The molecule has 1 amide bonds. The average molecular weight is 240 g/mol. The Morgan fingerprint density at radius 3 is 2.59 bits per heavy atom. The number of carbonyl (C=O) groups is 1. The zero-order valence-corrected chi connectivity index (χ0v) is 11.1. The lowest BCUT2D eigenvalue weighted by atomic mass is 10.0. The fourth-order valence-corrected chi connectivity index (χ4v) is 2.00. The number of carbonyl (C=O) groups excluding carboxylic acids is 1. The molecule has 0 aliphatic carbocycles. The van der Waals surface area contributed by atoms with Crippen LogP contribution in [-0.4, -0.2) is 34.7 Å². The number of azide groups is 1. The van der Waals surface area contributed by atoms with Gasteiger partial charge in [-0.25, -0.2) is 4.79 Å². The second-order valence-corrected chi connectivity index (χ2v) is 5.97. The van der Waals surface area contributed by atoms with Crippen molar-refractivity contribution in [1.29, 1.82) is 0 Å². The molecular weight excluding hydrogens is 220 g/mol. The van der Waals surface area contributed by atoms with Crippen LogP contribution in [0.4, 0.5) is 4.79 Å². The van der Waals surface area contributed by atoms with Crippen molar-refractivity contribution in [3.63, 3.8) is 0 Å². The molecule has 6 nitrogen and oxygen atoms in total. The fraction of sp³-hybridized carbons (Fsp3) is 0.909. The van der Waals surface area contributed by atoms with Crippen molar-refractivity contribution in [1.82, 2.24) is 4.90 Å². The molecule has 0 N–H and O–H groups in total. The van der Waals surface area contributed by atoms with Crippen LogP contribution in [0.1, 0.15) is 41.0 Å². The van der Waals surface area contributed by atoms with Gasteiger partial charge in [-0.05, 0) is 46.6 Å². The van der Waals surface area contributed by atoms with Gasteiger partial charge < -0.3 is 9.64 Å². The molecule has 17 heavy (non-hydrogen) atoms. The second-order valence-electron chi connectivity index (χ2n) is 5.97. The predicted octanol–water partition coefficient (Wildman–Crippen LogP) is 3.08. The quantitative estimate of drug-likeness (QED) is 0.401. The third-order valence-electron chi connectivity index (χ3n) is 2.69. The zero-order valence-electron chi connectivity index (χ0n) is 11.1. The van der Waals surface area contributed by atoms with E-state index in [1.165, 1.54) is 0 Å². The molecule has 0 aromatic rings. The Hall–Kier alpha value is -1.42. The van der Waals surface area contributed by atoms with E-state index in [1.807, 2.05) is 34.6 Å². The maximum absolute atomic E-state index is 12.0. The molecule has 1 aliphatic rings. The summed E-state index contributed by atoms with van der Waals surface area (Å²) in [4.78, 5) is 16.4. The van der Waals surface area contributed by atoms with Gasteiger partial charge in [-0.3, -0.25) is 0 Å². The summed E-state index contributed by atoms with van der Waals surface area (Å²) in [6.45, 7) is 9.82. The van der Waals surface area contributed by atoms with Crippen molar-refractivity contribution in [2.45, 2.75) is 58.2 Å². The van der Waals surface area contributed by atoms with Gasteiger partial charge in [0.1, 0.15) is 5.60 Å². The molecule has 0 aromatic heterocycles. The van der Waals surface area contributed by atoms with Crippen LogP contribution in [-0.2, 0) is 4.74 Å². The molecule has 0 radical (unpaired) electrons. The second kappa shape index (κ2) is 4.45. The number of hydrogen-bond acceptors (Lipinski definition) is 3. The van der Waals surface area contributed by atoms with E-state index < -0.39 is 5.60 Å². The van der Waals surface area contributed by atoms with Crippen LogP contribution in [0.15, 0.2) is 5.11 Å². The third-order valence-corrected chi connectivity index (χ3v) is 2.69. The molecule has 0 bridgehead atoms. The van der Waals surface area contributed by atoms with Gasteiger partial charge in [0.25, 0.3) is 0 Å². The highest BCUT2D eigenvalue weighted by Gasteiger charge is 2.42. The smallest absolute Gasteiger partial charge is 0.410 e. The number of likely N-dealkylation sites (tertiary alicyclic amines) is 1. The molecule has 0 spiro atoms. The SMILES string of the molecule is CC(C)(C)OC(=O)N1CC(N=[N+]=[N-])CC1(C)C. The summed E-state index contributed by atoms with van der Waals surface area (Å²) >= 11 is 0. The molecule has 0 saturated carbocycles. The van der Waals surface area contributed by atoms with Crippen LogP contribution in [0.25, 0.3) is 10.4 Å². The van der Waals surface area contributed by atoms with Gasteiger partial charge in [0, 0.05) is 17.0 Å². The summed E-state index contributed by atoms with van der Waals surface area (Å²) in [5.74, 6) is 0. The van der Waals surface area contributed by atoms with Crippen LogP contribution in [0.3, 0.4) is 0 Å². The van der Waals surface area contributed by atoms with Crippen LogP contribution < -0.4 is 0 Å². The van der Waals surface area contributed by atoms with E-state index in [4.69, 9.17) is 10.3 Å². The van der Waals surface area contributed by atoms with Gasteiger partial charge in [-0.2, -0.15) is 0 Å². The van der Waals surface area contributed by atoms with Crippen LogP contribution in [0, 0.1) is 0 Å². The van der Waals surface area contributed by atoms with Crippen molar-refractivity contribution in [2.24, 2.45) is 5.11 Å². The maximum Gasteiger partial charge on any atom is 0.410 e. The topological polar surface area (TPSA) is 78.3 Å². The first kappa shape index (κ1) is 13.6. The van der Waals surface area contributed by atoms with Crippen molar-refractivity contribution < 1.29 is 9.53 Å². The Balaban J connectivity index is 2.77. The third kappa shape index (κ3) is 3.53. The van der Waals surface area contributed by atoms with Crippen molar-refractivity contribution in [2.75, 3.05) is 6.54 Å². The molecule has 1 heterocycles. The first-order valence-electron chi connectivity index (χ1n) is 5.70. The molecule has 1 saturated heterocycles. The lowest BCUT2D eigenvalue weighted by Crippen LogP contribution is -2.45. The fourth-order valence-electron chi connectivity index (χ4n) is 2.00. The summed E-state index contributed by atoms with van der Waals surface area (Å²) in [6, 6.07) is -0.164. The van der Waals surface area contributed by atoms with E-state index in [1.54, 1.807) is 4.90 Å². The van der Waals surface area contributed by atoms with Gasteiger partial charge in [0.2, 0.25) is 0 Å². The van der Waals surface area contributed by atoms with Gasteiger partial charge in [0.15, 0.2) is 0 Å². The first-order chi connectivity index (χ1) is 7.65. The van der Waals surface area contributed by atoms with Gasteiger partial charge in [-0.1, -0.05) is 5.11 Å². The Kier molecular flexibility index (Phi) is 3.57. The monoisotopic (exact) mass is 240 g/mol. The molecule has 1 unspecified atom stereocenters.